The van der Waals surface area contributed by atoms with Crippen molar-refractivity contribution >= 4 is 19.5 Å². The molecule has 1 aromatic carbocycles. The number of hydrogen-bond acceptors (Lipinski definition) is 9. The first-order valence-electron chi connectivity index (χ1n) is 9.27. The summed E-state index contributed by atoms with van der Waals surface area (Å²) in [6, 6.07) is 6.33. The van der Waals surface area contributed by atoms with Crippen molar-refractivity contribution in [2.75, 3.05) is 6.61 Å². The van der Waals surface area contributed by atoms with Gasteiger partial charge in [0.05, 0.1) is 19.6 Å². The van der Waals surface area contributed by atoms with Crippen LogP contribution in [-0.4, -0.2) is 63.9 Å². The van der Waals surface area contributed by atoms with Crippen molar-refractivity contribution < 1.29 is 55.8 Å². The summed E-state index contributed by atoms with van der Waals surface area (Å²) in [6.45, 7) is -1.48. The SMILES string of the molecule is O=C1CC(=O)N([C@@H]2O[C@@](COP3(=O)OCc4ccccc4O3)(C(F)F)[C@H](O)[C@H]2O)C=C1F. The molecule has 0 saturated carbocycles. The van der Waals surface area contributed by atoms with Gasteiger partial charge in [-0.25, -0.2) is 17.7 Å². The molecule has 5 atom stereocenters. The van der Waals surface area contributed by atoms with Crippen molar-refractivity contribution in [2.45, 2.75) is 43.5 Å². The van der Waals surface area contributed by atoms with Crippen LogP contribution in [0.4, 0.5) is 13.2 Å². The molecule has 1 saturated heterocycles. The summed E-state index contributed by atoms with van der Waals surface area (Å²) in [4.78, 5) is 23.8. The van der Waals surface area contributed by atoms with Crippen LogP contribution in [0.25, 0.3) is 0 Å². The predicted octanol–water partition coefficient (Wildman–Crippen LogP) is 1.41. The highest BCUT2D eigenvalue weighted by Crippen LogP contribution is 2.55. The minimum absolute atomic E-state index is 0.142. The molecule has 174 valence electrons. The van der Waals surface area contributed by atoms with Crippen LogP contribution in [-0.2, 0) is 34.5 Å². The van der Waals surface area contributed by atoms with Crippen molar-refractivity contribution in [3.63, 3.8) is 0 Å². The molecular formula is C18H17F3NO9P. The number of para-hydroxylation sites is 1. The molecular weight excluding hydrogens is 462 g/mol. The van der Waals surface area contributed by atoms with Crippen LogP contribution in [0.15, 0.2) is 36.3 Å². The number of fused-ring (bicyclic) bond motifs is 1. The zero-order chi connectivity index (χ0) is 23.3. The third kappa shape index (κ3) is 3.85. The van der Waals surface area contributed by atoms with Gasteiger partial charge in [0.25, 0.3) is 6.43 Å². The number of halogens is 3. The van der Waals surface area contributed by atoms with Gasteiger partial charge in [0.2, 0.25) is 11.7 Å². The Morgan fingerprint density at radius 3 is 2.72 bits per heavy atom. The highest BCUT2D eigenvalue weighted by atomic mass is 31.2. The Kier molecular flexibility index (Phi) is 5.90. The highest BCUT2D eigenvalue weighted by molar-refractivity contribution is 7.49. The standard InChI is InChI=1S/C18H17F3NO9P/c19-10-6-22(13(24)5-11(10)23)16-14(25)15(26)18(30-16,17(20)21)8-29-32(27)28-7-9-3-1-2-4-12(9)31-32/h1-4,6,14-17,25-26H,5,7-8H2/t14-,15-,16-,18-,32?/m1/s1. The summed E-state index contributed by atoms with van der Waals surface area (Å²) < 4.78 is 74.7. The number of phosphoric acid groups is 1. The third-order valence-electron chi connectivity index (χ3n) is 5.23. The number of hydrogen-bond donors (Lipinski definition) is 2. The molecule has 0 bridgehead atoms. The lowest BCUT2D eigenvalue weighted by Gasteiger charge is -2.33. The molecule has 0 aromatic heterocycles. The Hall–Kier alpha value is -2.28. The molecule has 0 spiro atoms. The smallest absolute Gasteiger partial charge is 0.404 e. The molecule has 14 heteroatoms. The average molecular weight is 479 g/mol. The Morgan fingerprint density at radius 1 is 1.28 bits per heavy atom. The number of alkyl halides is 2. The van der Waals surface area contributed by atoms with E-state index in [2.05, 4.69) is 0 Å². The first-order valence-corrected chi connectivity index (χ1v) is 10.7. The molecule has 0 aliphatic carbocycles. The van der Waals surface area contributed by atoms with Gasteiger partial charge in [-0.05, 0) is 6.07 Å². The summed E-state index contributed by atoms with van der Waals surface area (Å²) in [6.07, 6.45) is -10.5. The van der Waals surface area contributed by atoms with Crippen molar-refractivity contribution in [3.05, 3.63) is 41.9 Å². The van der Waals surface area contributed by atoms with Crippen molar-refractivity contribution in [2.24, 2.45) is 0 Å². The second kappa shape index (κ2) is 8.25. The summed E-state index contributed by atoms with van der Waals surface area (Å²) in [5, 5.41) is 20.6. The van der Waals surface area contributed by atoms with E-state index in [-0.39, 0.29) is 12.4 Å². The van der Waals surface area contributed by atoms with E-state index in [1.807, 2.05) is 0 Å². The number of aliphatic hydroxyl groups excluding tert-OH is 2. The Balaban J connectivity index is 1.55. The van der Waals surface area contributed by atoms with Crippen LogP contribution in [0, 0.1) is 0 Å². The number of allylic oxidation sites excluding steroid dienone is 1. The van der Waals surface area contributed by atoms with Gasteiger partial charge in [0.15, 0.2) is 17.7 Å². The molecule has 1 unspecified atom stereocenters. The van der Waals surface area contributed by atoms with Gasteiger partial charge in [-0.15, -0.1) is 0 Å². The van der Waals surface area contributed by atoms with Gasteiger partial charge in [-0.3, -0.25) is 23.5 Å². The van der Waals surface area contributed by atoms with Crippen LogP contribution in [0.2, 0.25) is 0 Å². The van der Waals surface area contributed by atoms with E-state index in [9.17, 15) is 37.5 Å². The van der Waals surface area contributed by atoms with Gasteiger partial charge in [0.1, 0.15) is 18.0 Å². The normalized spacial score (nSPS) is 35.0. The summed E-state index contributed by atoms with van der Waals surface area (Å²) in [7, 11) is -4.41. The van der Waals surface area contributed by atoms with Crippen molar-refractivity contribution in [1.82, 2.24) is 4.90 Å². The molecule has 0 radical (unpaired) electrons. The third-order valence-corrected chi connectivity index (χ3v) is 6.54. The van der Waals surface area contributed by atoms with Crippen molar-refractivity contribution in [3.8, 4) is 5.75 Å². The summed E-state index contributed by atoms with van der Waals surface area (Å²) in [5.74, 6) is -3.38. The molecule has 1 aromatic rings. The van der Waals surface area contributed by atoms with Crippen LogP contribution < -0.4 is 4.52 Å². The lowest BCUT2D eigenvalue weighted by molar-refractivity contribution is -0.201. The number of carbonyl (C=O) groups excluding carboxylic acids is 2. The van der Waals surface area contributed by atoms with Crippen LogP contribution in [0.1, 0.15) is 12.0 Å². The van der Waals surface area contributed by atoms with E-state index in [0.717, 1.165) is 0 Å². The minimum atomic E-state index is -4.41. The van der Waals surface area contributed by atoms with Gasteiger partial charge in [-0.1, -0.05) is 18.2 Å². The molecule has 3 heterocycles. The van der Waals surface area contributed by atoms with E-state index in [1.54, 1.807) is 18.2 Å². The fourth-order valence-electron chi connectivity index (χ4n) is 3.44. The number of nitrogens with zero attached hydrogens (tertiary/aromatic N) is 1. The molecule has 3 aliphatic heterocycles. The van der Waals surface area contributed by atoms with Crippen LogP contribution >= 0.6 is 7.82 Å². The largest absolute Gasteiger partial charge is 0.530 e. The van der Waals surface area contributed by atoms with Gasteiger partial charge in [0, 0.05) is 11.8 Å². The molecule has 1 amide bonds. The summed E-state index contributed by atoms with van der Waals surface area (Å²) in [5.41, 5.74) is -2.44. The number of ketones is 1. The minimum Gasteiger partial charge on any atom is -0.404 e. The first kappa shape index (κ1) is 22.9. The summed E-state index contributed by atoms with van der Waals surface area (Å²) >= 11 is 0. The number of Topliss-reactive ketones (excluding diaryl/α,β-unsaturated/α-hetero) is 1. The maximum Gasteiger partial charge on any atom is 0.530 e. The monoisotopic (exact) mass is 479 g/mol. The number of amides is 1. The Morgan fingerprint density at radius 2 is 2.00 bits per heavy atom. The fraction of sp³-hybridized carbons (Fsp3) is 0.444. The lowest BCUT2D eigenvalue weighted by atomic mass is 9.96. The number of benzene rings is 1. The number of aliphatic hydroxyl groups is 2. The second-order valence-corrected chi connectivity index (χ2v) is 8.86. The molecule has 2 N–H and O–H groups in total. The Bertz CT molecular complexity index is 1020. The van der Waals surface area contributed by atoms with Crippen LogP contribution in [0.3, 0.4) is 0 Å². The second-order valence-electron chi connectivity index (χ2n) is 7.27. The maximum absolute atomic E-state index is 14.0. The fourth-order valence-corrected chi connectivity index (χ4v) is 4.70. The molecule has 3 aliphatic rings. The van der Waals surface area contributed by atoms with E-state index in [0.29, 0.717) is 16.7 Å². The van der Waals surface area contributed by atoms with Gasteiger partial charge in [-0.2, -0.15) is 0 Å². The molecule has 10 nitrogen and oxygen atoms in total. The number of carbonyl (C=O) groups is 2. The van der Waals surface area contributed by atoms with Crippen molar-refractivity contribution in [1.29, 1.82) is 0 Å². The first-order chi connectivity index (χ1) is 15.1. The van der Waals surface area contributed by atoms with Gasteiger partial charge < -0.3 is 19.5 Å². The van der Waals surface area contributed by atoms with E-state index in [1.165, 1.54) is 6.07 Å². The highest BCUT2D eigenvalue weighted by Gasteiger charge is 2.63. The zero-order valence-electron chi connectivity index (χ0n) is 16.1. The number of ether oxygens (including phenoxy) is 1. The predicted molar refractivity (Wildman–Crippen MR) is 96.7 cm³/mol. The Labute approximate surface area is 178 Å². The quantitative estimate of drug-likeness (QED) is 0.475. The average Bonchev–Trinajstić information content (AvgIpc) is 3.01. The van der Waals surface area contributed by atoms with E-state index >= 15 is 0 Å². The number of phosphoric ester groups is 1. The maximum atomic E-state index is 14.0. The van der Waals surface area contributed by atoms with Crippen LogP contribution in [0.5, 0.6) is 5.75 Å². The topological polar surface area (TPSA) is 132 Å². The zero-order valence-corrected chi connectivity index (χ0v) is 17.0. The number of rotatable bonds is 5. The molecule has 32 heavy (non-hydrogen) atoms. The van der Waals surface area contributed by atoms with E-state index in [4.69, 9.17) is 18.3 Å². The molecule has 1 fully saturated rings. The van der Waals surface area contributed by atoms with Gasteiger partial charge >= 0.3 is 7.82 Å². The molecule has 4 rings (SSSR count). The van der Waals surface area contributed by atoms with E-state index < -0.39 is 68.8 Å². The lowest BCUT2D eigenvalue weighted by Crippen LogP contribution is -2.52.